The first-order chi connectivity index (χ1) is 16.2. The first-order valence-electron chi connectivity index (χ1n) is 12.2. The number of benzene rings is 1. The van der Waals surface area contributed by atoms with Crippen LogP contribution in [-0.2, 0) is 12.0 Å². The summed E-state index contributed by atoms with van der Waals surface area (Å²) >= 11 is 1.51. The number of hydrogen-bond donors (Lipinski definition) is 0. The van der Waals surface area contributed by atoms with E-state index >= 15 is 0 Å². The number of aromatic nitrogens is 4. The maximum atomic E-state index is 13.1. The highest BCUT2D eigenvalue weighted by atomic mass is 32.2. The van der Waals surface area contributed by atoms with Crippen LogP contribution in [0.2, 0.25) is 0 Å². The topological polar surface area (TPSA) is 52.7 Å². The number of nitrogens with zero attached hydrogens (tertiary/aromatic N) is 4. The van der Waals surface area contributed by atoms with Crippen LogP contribution in [0.4, 0.5) is 0 Å². The second-order valence-electron chi connectivity index (χ2n) is 10.3. The molecule has 3 aromatic rings. The highest BCUT2D eigenvalue weighted by molar-refractivity contribution is 7.99. The van der Waals surface area contributed by atoms with Crippen LogP contribution in [0, 0.1) is 13.8 Å². The summed E-state index contributed by atoms with van der Waals surface area (Å²) in [6.45, 7) is 15.3. The molecule has 6 heteroatoms. The van der Waals surface area contributed by atoms with Crippen molar-refractivity contribution in [3.8, 4) is 11.4 Å². The third-order valence-corrected chi connectivity index (χ3v) is 7.82. The highest BCUT2D eigenvalue weighted by Gasteiger charge is 2.26. The Morgan fingerprint density at radius 3 is 2.44 bits per heavy atom. The van der Waals surface area contributed by atoms with E-state index in [9.17, 15) is 4.79 Å². The van der Waals surface area contributed by atoms with Gasteiger partial charge in [0.15, 0.2) is 16.8 Å². The molecule has 0 aliphatic heterocycles. The predicted octanol–water partition coefficient (Wildman–Crippen LogP) is 6.94. The molecular weight excluding hydrogens is 440 g/mol. The minimum atomic E-state index is 0.111. The molecule has 1 fully saturated rings. The molecule has 1 aliphatic carbocycles. The quantitative estimate of drug-likeness (QED) is 0.201. The lowest BCUT2D eigenvalue weighted by Crippen LogP contribution is -2.12. The average Bonchev–Trinajstić information content (AvgIpc) is 3.53. The van der Waals surface area contributed by atoms with Crippen LogP contribution < -0.4 is 0 Å². The molecule has 180 valence electrons. The third-order valence-electron chi connectivity index (χ3n) is 6.88. The van der Waals surface area contributed by atoms with Gasteiger partial charge in [0.1, 0.15) is 0 Å². The van der Waals surface area contributed by atoms with Gasteiger partial charge in [0.05, 0.1) is 5.75 Å². The Balaban J connectivity index is 1.59. The zero-order chi connectivity index (χ0) is 24.5. The smallest absolute Gasteiger partial charge is 0.192 e. The van der Waals surface area contributed by atoms with E-state index in [-0.39, 0.29) is 11.2 Å². The second-order valence-corrected chi connectivity index (χ2v) is 11.3. The van der Waals surface area contributed by atoms with E-state index in [4.69, 9.17) is 0 Å². The molecule has 1 aromatic carbocycles. The molecule has 1 saturated carbocycles. The summed E-state index contributed by atoms with van der Waals surface area (Å²) in [6.07, 6.45) is 6.58. The van der Waals surface area contributed by atoms with E-state index in [0.29, 0.717) is 18.3 Å². The molecule has 2 aromatic heterocycles. The monoisotopic (exact) mass is 476 g/mol. The van der Waals surface area contributed by atoms with Gasteiger partial charge < -0.3 is 4.57 Å². The lowest BCUT2D eigenvalue weighted by atomic mass is 9.86. The minimum Gasteiger partial charge on any atom is -0.345 e. The van der Waals surface area contributed by atoms with Crippen molar-refractivity contribution in [2.75, 3.05) is 5.75 Å². The standard InChI is InChI=1S/C28H36N4OS/c1-7-16-31-19(2)17-24(20(31)3)25(33)18-34-27-30-29-26(32(27)23-10-8-9-11-23)21-12-14-22(15-13-21)28(4,5)6/h7,12-15,17,23H,1,8-11,16,18H2,2-6H3. The number of thioether (sulfide) groups is 1. The van der Waals surface area contributed by atoms with Gasteiger partial charge >= 0.3 is 0 Å². The molecular formula is C28H36N4OS. The number of hydrogen-bond acceptors (Lipinski definition) is 4. The SMILES string of the molecule is C=CCn1c(C)cc(C(=O)CSc2nnc(-c3ccc(C(C)(C)C)cc3)n2C2CCCC2)c1C. The van der Waals surface area contributed by atoms with Crippen molar-refractivity contribution < 1.29 is 4.79 Å². The third kappa shape index (κ3) is 4.92. The van der Waals surface area contributed by atoms with E-state index in [1.54, 1.807) is 0 Å². The van der Waals surface area contributed by atoms with Crippen molar-refractivity contribution in [2.45, 2.75) is 83.5 Å². The molecule has 0 atom stereocenters. The molecule has 2 heterocycles. The van der Waals surface area contributed by atoms with Gasteiger partial charge in [-0.3, -0.25) is 9.36 Å². The number of rotatable bonds is 8. The molecule has 0 unspecified atom stereocenters. The number of ketones is 1. The highest BCUT2D eigenvalue weighted by Crippen LogP contribution is 2.37. The Labute approximate surface area is 207 Å². The van der Waals surface area contributed by atoms with E-state index in [0.717, 1.165) is 46.3 Å². The summed E-state index contributed by atoms with van der Waals surface area (Å²) in [5, 5.41) is 10.00. The number of carbonyl (C=O) groups excluding carboxylic acids is 1. The molecule has 4 rings (SSSR count). The van der Waals surface area contributed by atoms with Gasteiger partial charge in [-0.25, -0.2) is 0 Å². The number of Topliss-reactive ketones (excluding diaryl/α,β-unsaturated/α-hetero) is 1. The maximum absolute atomic E-state index is 13.1. The molecule has 0 radical (unpaired) electrons. The molecule has 34 heavy (non-hydrogen) atoms. The van der Waals surface area contributed by atoms with Crippen molar-refractivity contribution >= 4 is 17.5 Å². The Morgan fingerprint density at radius 1 is 1.15 bits per heavy atom. The van der Waals surface area contributed by atoms with E-state index in [1.807, 2.05) is 26.0 Å². The predicted molar refractivity (Wildman–Crippen MR) is 141 cm³/mol. The normalized spacial score (nSPS) is 14.6. The lowest BCUT2D eigenvalue weighted by molar-refractivity contribution is 0.102. The summed E-state index contributed by atoms with van der Waals surface area (Å²) in [4.78, 5) is 13.1. The Morgan fingerprint density at radius 2 is 1.82 bits per heavy atom. The largest absolute Gasteiger partial charge is 0.345 e. The van der Waals surface area contributed by atoms with Crippen LogP contribution >= 0.6 is 11.8 Å². The Hall–Kier alpha value is -2.60. The van der Waals surface area contributed by atoms with Crippen LogP contribution in [0.25, 0.3) is 11.4 Å². The fourth-order valence-corrected chi connectivity index (χ4v) is 5.77. The average molecular weight is 477 g/mol. The summed E-state index contributed by atoms with van der Waals surface area (Å²) in [7, 11) is 0. The summed E-state index contributed by atoms with van der Waals surface area (Å²) in [5.74, 6) is 1.39. The van der Waals surface area contributed by atoms with E-state index in [2.05, 4.69) is 70.9 Å². The van der Waals surface area contributed by atoms with Gasteiger partial charge in [-0.05, 0) is 43.7 Å². The Bertz CT molecular complexity index is 1170. The van der Waals surface area contributed by atoms with Crippen LogP contribution in [0.5, 0.6) is 0 Å². The van der Waals surface area contributed by atoms with Gasteiger partial charge in [-0.1, -0.05) is 75.7 Å². The zero-order valence-electron chi connectivity index (χ0n) is 21.1. The minimum absolute atomic E-state index is 0.111. The van der Waals surface area contributed by atoms with Gasteiger partial charge in [0, 0.05) is 35.1 Å². The Kier molecular flexibility index (Phi) is 7.17. The van der Waals surface area contributed by atoms with Crippen molar-refractivity contribution in [2.24, 2.45) is 0 Å². The van der Waals surface area contributed by atoms with Crippen LogP contribution in [0.15, 0.2) is 48.1 Å². The van der Waals surface area contributed by atoms with Gasteiger partial charge in [-0.2, -0.15) is 0 Å². The second kappa shape index (κ2) is 9.95. The lowest BCUT2D eigenvalue weighted by Gasteiger charge is -2.20. The van der Waals surface area contributed by atoms with Gasteiger partial charge in [-0.15, -0.1) is 16.8 Å². The molecule has 0 saturated heterocycles. The van der Waals surface area contributed by atoms with E-state index < -0.39 is 0 Å². The summed E-state index contributed by atoms with van der Waals surface area (Å²) in [6, 6.07) is 11.1. The molecule has 0 amide bonds. The molecule has 0 bridgehead atoms. The first-order valence-corrected chi connectivity index (χ1v) is 13.2. The van der Waals surface area contributed by atoms with Crippen LogP contribution in [0.3, 0.4) is 0 Å². The van der Waals surface area contributed by atoms with Crippen LogP contribution in [0.1, 0.15) is 79.8 Å². The molecule has 0 spiro atoms. The molecule has 5 nitrogen and oxygen atoms in total. The van der Waals surface area contributed by atoms with Crippen molar-refractivity contribution in [1.82, 2.24) is 19.3 Å². The van der Waals surface area contributed by atoms with Gasteiger partial charge in [0.25, 0.3) is 0 Å². The fourth-order valence-electron chi connectivity index (χ4n) is 4.88. The summed E-state index contributed by atoms with van der Waals surface area (Å²) in [5.41, 5.74) is 5.37. The van der Waals surface area contributed by atoms with E-state index in [1.165, 1.54) is 30.2 Å². The van der Waals surface area contributed by atoms with Crippen molar-refractivity contribution in [3.63, 3.8) is 0 Å². The number of allylic oxidation sites excluding steroid dienone is 1. The zero-order valence-corrected chi connectivity index (χ0v) is 21.9. The van der Waals surface area contributed by atoms with Crippen LogP contribution in [-0.4, -0.2) is 30.9 Å². The molecule has 1 aliphatic rings. The maximum Gasteiger partial charge on any atom is 0.192 e. The molecule has 0 N–H and O–H groups in total. The number of aryl methyl sites for hydroxylation is 1. The summed E-state index contributed by atoms with van der Waals surface area (Å²) < 4.78 is 4.42. The first kappa shape index (κ1) is 24.5. The van der Waals surface area contributed by atoms with Gasteiger partial charge in [0.2, 0.25) is 0 Å². The van der Waals surface area contributed by atoms with Crippen molar-refractivity contribution in [1.29, 1.82) is 0 Å². The fraction of sp³-hybridized carbons (Fsp3) is 0.464. The number of carbonyl (C=O) groups is 1. The van der Waals surface area contributed by atoms with Crippen molar-refractivity contribution in [3.05, 3.63) is 65.5 Å².